The number of likely N-dealkylation sites (tertiary alicyclic amines) is 1. The van der Waals surface area contributed by atoms with Crippen molar-refractivity contribution in [3.05, 3.63) is 0 Å². The van der Waals surface area contributed by atoms with Gasteiger partial charge in [-0.25, -0.2) is 0 Å². The Kier molecular flexibility index (Phi) is 6.50. The lowest BCUT2D eigenvalue weighted by molar-refractivity contribution is -0.154. The van der Waals surface area contributed by atoms with Gasteiger partial charge in [0.2, 0.25) is 0 Å². The smallest absolute Gasteiger partial charge is 0.389 e. The highest BCUT2D eigenvalue weighted by Gasteiger charge is 2.42. The predicted molar refractivity (Wildman–Crippen MR) is 75.2 cm³/mol. The second kappa shape index (κ2) is 7.47. The average molecular weight is 309 g/mol. The molecule has 1 saturated heterocycles. The van der Waals surface area contributed by atoms with Gasteiger partial charge >= 0.3 is 12.1 Å². The van der Waals surface area contributed by atoms with Gasteiger partial charge in [-0.05, 0) is 45.6 Å². The van der Waals surface area contributed by atoms with Gasteiger partial charge in [0.25, 0.3) is 0 Å². The summed E-state index contributed by atoms with van der Waals surface area (Å²) in [7, 11) is 0. The number of carboxylic acid groups (broad SMARTS) is 1. The normalized spacial score (nSPS) is 25.8. The number of hydrogen-bond acceptors (Lipinski definition) is 2. The fourth-order valence-electron chi connectivity index (χ4n) is 3.29. The Hall–Kier alpha value is -0.780. The van der Waals surface area contributed by atoms with Crippen molar-refractivity contribution in [1.82, 2.24) is 4.90 Å². The lowest BCUT2D eigenvalue weighted by atomic mass is 9.76. The summed E-state index contributed by atoms with van der Waals surface area (Å²) >= 11 is 0. The number of nitrogens with zero attached hydrogens (tertiary/aromatic N) is 1. The molecule has 0 aromatic rings. The second-order valence-electron chi connectivity index (χ2n) is 6.27. The van der Waals surface area contributed by atoms with E-state index in [9.17, 15) is 23.1 Å². The molecule has 3 nitrogen and oxygen atoms in total. The third-order valence-corrected chi connectivity index (χ3v) is 4.49. The molecule has 1 aliphatic rings. The SMILES string of the molecule is CCCC1(C(=O)O)CCCN(C(C)CCCC(F)(F)F)C1. The van der Waals surface area contributed by atoms with Crippen LogP contribution in [0.5, 0.6) is 0 Å². The molecule has 0 spiro atoms. The summed E-state index contributed by atoms with van der Waals surface area (Å²) in [5.41, 5.74) is -0.717. The number of halogens is 3. The second-order valence-corrected chi connectivity index (χ2v) is 6.27. The molecule has 0 bridgehead atoms. The van der Waals surface area contributed by atoms with Gasteiger partial charge in [0.05, 0.1) is 5.41 Å². The molecule has 1 aliphatic heterocycles. The van der Waals surface area contributed by atoms with Crippen LogP contribution in [0.2, 0.25) is 0 Å². The summed E-state index contributed by atoms with van der Waals surface area (Å²) in [6.07, 6.45) is -1.39. The van der Waals surface area contributed by atoms with Crippen molar-refractivity contribution >= 4 is 5.97 Å². The van der Waals surface area contributed by atoms with E-state index in [-0.39, 0.29) is 12.5 Å². The van der Waals surface area contributed by atoms with Crippen LogP contribution in [-0.2, 0) is 4.79 Å². The molecule has 1 N–H and O–H groups in total. The summed E-state index contributed by atoms with van der Waals surface area (Å²) in [4.78, 5) is 13.7. The lowest BCUT2D eigenvalue weighted by Gasteiger charge is -2.42. The third-order valence-electron chi connectivity index (χ3n) is 4.49. The van der Waals surface area contributed by atoms with Gasteiger partial charge in [-0.2, -0.15) is 13.2 Å². The van der Waals surface area contributed by atoms with Crippen molar-refractivity contribution < 1.29 is 23.1 Å². The van der Waals surface area contributed by atoms with Crippen LogP contribution >= 0.6 is 0 Å². The maximum Gasteiger partial charge on any atom is 0.389 e. The van der Waals surface area contributed by atoms with E-state index in [4.69, 9.17) is 0 Å². The Labute approximate surface area is 124 Å². The minimum atomic E-state index is -4.10. The van der Waals surface area contributed by atoms with Gasteiger partial charge in [0, 0.05) is 19.0 Å². The van der Waals surface area contributed by atoms with Crippen molar-refractivity contribution in [3.63, 3.8) is 0 Å². The first-order chi connectivity index (χ1) is 9.70. The van der Waals surface area contributed by atoms with E-state index in [0.29, 0.717) is 25.8 Å². The first-order valence-electron chi connectivity index (χ1n) is 7.74. The van der Waals surface area contributed by atoms with E-state index in [2.05, 4.69) is 4.90 Å². The maximum atomic E-state index is 12.2. The number of alkyl halides is 3. The van der Waals surface area contributed by atoms with E-state index in [1.807, 2.05) is 13.8 Å². The van der Waals surface area contributed by atoms with Crippen LogP contribution in [0.3, 0.4) is 0 Å². The van der Waals surface area contributed by atoms with Gasteiger partial charge < -0.3 is 5.11 Å². The zero-order valence-corrected chi connectivity index (χ0v) is 12.9. The molecular weight excluding hydrogens is 283 g/mol. The summed E-state index contributed by atoms with van der Waals surface area (Å²) in [6, 6.07) is 0.00299. The molecule has 1 heterocycles. The van der Waals surface area contributed by atoms with Crippen molar-refractivity contribution in [2.75, 3.05) is 13.1 Å². The van der Waals surface area contributed by atoms with Gasteiger partial charge in [-0.15, -0.1) is 0 Å². The molecule has 0 aliphatic carbocycles. The standard InChI is InChI=1S/C15H26F3NO2/c1-3-7-14(13(20)21)8-5-10-19(11-14)12(2)6-4-9-15(16,17)18/h12H,3-11H2,1-2H3,(H,20,21). The molecule has 2 atom stereocenters. The zero-order chi connectivity index (χ0) is 16.1. The first-order valence-corrected chi connectivity index (χ1v) is 7.74. The van der Waals surface area contributed by atoms with Crippen molar-refractivity contribution in [2.45, 2.75) is 71.0 Å². The summed E-state index contributed by atoms with van der Waals surface area (Å²) < 4.78 is 36.6. The highest BCUT2D eigenvalue weighted by atomic mass is 19.4. The molecule has 6 heteroatoms. The zero-order valence-electron chi connectivity index (χ0n) is 12.9. The number of piperidine rings is 1. The van der Waals surface area contributed by atoms with E-state index in [0.717, 1.165) is 19.4 Å². The monoisotopic (exact) mass is 309 g/mol. The van der Waals surface area contributed by atoms with E-state index in [1.165, 1.54) is 0 Å². The Morgan fingerprint density at radius 3 is 2.62 bits per heavy atom. The Balaban J connectivity index is 2.56. The molecule has 1 rings (SSSR count). The number of rotatable bonds is 7. The summed E-state index contributed by atoms with van der Waals surface area (Å²) in [5.74, 6) is -0.767. The molecule has 21 heavy (non-hydrogen) atoms. The fourth-order valence-corrected chi connectivity index (χ4v) is 3.29. The summed E-state index contributed by atoms with van der Waals surface area (Å²) in [5, 5.41) is 9.53. The van der Waals surface area contributed by atoms with E-state index < -0.39 is 24.0 Å². The van der Waals surface area contributed by atoms with Gasteiger partial charge in [-0.1, -0.05) is 13.3 Å². The van der Waals surface area contributed by atoms with Crippen LogP contribution in [0.25, 0.3) is 0 Å². The van der Waals surface area contributed by atoms with Crippen molar-refractivity contribution in [1.29, 1.82) is 0 Å². The molecule has 124 valence electrons. The van der Waals surface area contributed by atoms with Crippen molar-refractivity contribution in [3.8, 4) is 0 Å². The van der Waals surface area contributed by atoms with Gasteiger partial charge in [0.15, 0.2) is 0 Å². The average Bonchev–Trinajstić information content (AvgIpc) is 2.37. The number of carbonyl (C=O) groups is 1. The Bertz CT molecular complexity index is 342. The van der Waals surface area contributed by atoms with Crippen LogP contribution in [0.15, 0.2) is 0 Å². The largest absolute Gasteiger partial charge is 0.481 e. The van der Waals surface area contributed by atoms with Crippen LogP contribution in [0, 0.1) is 5.41 Å². The minimum Gasteiger partial charge on any atom is -0.481 e. The minimum absolute atomic E-state index is 0.00299. The predicted octanol–water partition coefficient (Wildman–Crippen LogP) is 4.07. The number of hydrogen-bond donors (Lipinski definition) is 1. The Morgan fingerprint density at radius 1 is 1.43 bits per heavy atom. The molecule has 2 unspecified atom stereocenters. The maximum absolute atomic E-state index is 12.2. The van der Waals surface area contributed by atoms with Crippen LogP contribution in [0.4, 0.5) is 13.2 Å². The third kappa shape index (κ3) is 5.49. The quantitative estimate of drug-likeness (QED) is 0.770. The number of aliphatic carboxylic acids is 1. The van der Waals surface area contributed by atoms with Gasteiger partial charge in [-0.3, -0.25) is 9.69 Å². The Morgan fingerprint density at radius 2 is 2.10 bits per heavy atom. The molecule has 0 amide bonds. The van der Waals surface area contributed by atoms with Crippen molar-refractivity contribution in [2.24, 2.45) is 5.41 Å². The van der Waals surface area contributed by atoms with E-state index in [1.54, 1.807) is 0 Å². The molecule has 0 saturated carbocycles. The number of carboxylic acids is 1. The molecular formula is C15H26F3NO2. The molecule has 0 aromatic heterocycles. The van der Waals surface area contributed by atoms with Gasteiger partial charge in [0.1, 0.15) is 0 Å². The van der Waals surface area contributed by atoms with Crippen LogP contribution < -0.4 is 0 Å². The fraction of sp³-hybridized carbons (Fsp3) is 0.933. The highest BCUT2D eigenvalue weighted by Crippen LogP contribution is 2.36. The first kappa shape index (κ1) is 18.3. The molecule has 0 aromatic carbocycles. The lowest BCUT2D eigenvalue weighted by Crippen LogP contribution is -2.50. The molecule has 1 fully saturated rings. The van der Waals surface area contributed by atoms with E-state index >= 15 is 0 Å². The molecule has 0 radical (unpaired) electrons. The summed E-state index contributed by atoms with van der Waals surface area (Å²) in [6.45, 7) is 5.12. The van der Waals surface area contributed by atoms with Crippen LogP contribution in [0.1, 0.15) is 58.8 Å². The van der Waals surface area contributed by atoms with Crippen LogP contribution in [-0.4, -0.2) is 41.3 Å². The highest BCUT2D eigenvalue weighted by molar-refractivity contribution is 5.75. The topological polar surface area (TPSA) is 40.5 Å².